The molecule has 0 aliphatic rings. The summed E-state index contributed by atoms with van der Waals surface area (Å²) in [5.41, 5.74) is 5.40. The van der Waals surface area contributed by atoms with Gasteiger partial charge in [-0.2, -0.15) is 11.8 Å². The number of unbranched alkanes of at least 4 members (excludes halogenated alkanes) is 2. The molecule has 3 nitrogen and oxygen atoms in total. The largest absolute Gasteiger partial charge is 0.480 e. The van der Waals surface area contributed by atoms with Crippen molar-refractivity contribution in [2.45, 2.75) is 50.8 Å². The number of thioether (sulfide) groups is 1. The van der Waals surface area contributed by atoms with Crippen LogP contribution in [0.25, 0.3) is 0 Å². The summed E-state index contributed by atoms with van der Waals surface area (Å²) in [7, 11) is 0. The summed E-state index contributed by atoms with van der Waals surface area (Å²) in [5, 5.41) is 9.09. The summed E-state index contributed by atoms with van der Waals surface area (Å²) in [5.74, 6) is -0.388. The summed E-state index contributed by atoms with van der Waals surface area (Å²) in [6.07, 6.45) is 4.87. The summed E-state index contributed by atoms with van der Waals surface area (Å²) >= 11 is 1.66. The van der Waals surface area contributed by atoms with Crippen LogP contribution in [-0.2, 0) is 4.79 Å². The van der Waals surface area contributed by atoms with Gasteiger partial charge in [0.25, 0.3) is 0 Å². The fraction of sp³-hybridized carbons (Fsp3) is 0.900. The van der Waals surface area contributed by atoms with Crippen molar-refractivity contribution in [1.82, 2.24) is 0 Å². The third kappa shape index (κ3) is 7.21. The monoisotopic (exact) mass is 219 g/mol. The minimum absolute atomic E-state index is 0.516. The van der Waals surface area contributed by atoms with E-state index in [1.807, 2.05) is 0 Å². The van der Waals surface area contributed by atoms with Crippen LogP contribution in [0.3, 0.4) is 0 Å². The van der Waals surface area contributed by atoms with Crippen LogP contribution in [0.1, 0.15) is 39.5 Å². The smallest absolute Gasteiger partial charge is 0.321 e. The Morgan fingerprint density at radius 3 is 2.64 bits per heavy atom. The van der Waals surface area contributed by atoms with Gasteiger partial charge in [-0.05, 0) is 6.42 Å². The highest BCUT2D eigenvalue weighted by atomic mass is 32.2. The molecule has 0 aromatic carbocycles. The number of rotatable bonds is 8. The van der Waals surface area contributed by atoms with Crippen molar-refractivity contribution in [3.8, 4) is 0 Å². The number of nitrogens with two attached hydrogens (primary N) is 1. The molecule has 0 fully saturated rings. The van der Waals surface area contributed by atoms with Crippen LogP contribution in [-0.4, -0.2) is 28.1 Å². The predicted octanol–water partition coefficient (Wildman–Crippen LogP) is 2.10. The van der Waals surface area contributed by atoms with Crippen LogP contribution in [0.15, 0.2) is 0 Å². The molecule has 84 valence electrons. The summed E-state index contributed by atoms with van der Waals surface area (Å²) < 4.78 is 0. The normalized spacial score (nSPS) is 15.1. The van der Waals surface area contributed by atoms with Gasteiger partial charge < -0.3 is 10.8 Å². The van der Waals surface area contributed by atoms with E-state index in [4.69, 9.17) is 10.8 Å². The minimum Gasteiger partial charge on any atom is -0.480 e. The Bertz CT molecular complexity index is 164. The molecule has 2 atom stereocenters. The van der Waals surface area contributed by atoms with Gasteiger partial charge in [0.1, 0.15) is 6.04 Å². The third-order valence-corrected chi connectivity index (χ3v) is 3.45. The van der Waals surface area contributed by atoms with Crippen LogP contribution in [0, 0.1) is 0 Å². The molecule has 0 bridgehead atoms. The van der Waals surface area contributed by atoms with Gasteiger partial charge in [0.05, 0.1) is 0 Å². The zero-order valence-electron chi connectivity index (χ0n) is 9.03. The number of carboxylic acids is 1. The summed E-state index contributed by atoms with van der Waals surface area (Å²) in [6.45, 7) is 4.31. The lowest BCUT2D eigenvalue weighted by atomic mass is 10.2. The van der Waals surface area contributed by atoms with E-state index in [0.29, 0.717) is 11.0 Å². The van der Waals surface area contributed by atoms with E-state index >= 15 is 0 Å². The molecule has 0 amide bonds. The van der Waals surface area contributed by atoms with Crippen LogP contribution >= 0.6 is 11.8 Å². The van der Waals surface area contributed by atoms with Crippen molar-refractivity contribution in [1.29, 1.82) is 0 Å². The van der Waals surface area contributed by atoms with Gasteiger partial charge in [0.2, 0.25) is 0 Å². The lowest BCUT2D eigenvalue weighted by Gasteiger charge is -2.12. The maximum absolute atomic E-state index is 10.4. The molecule has 0 aromatic rings. The second-order valence-electron chi connectivity index (χ2n) is 3.58. The molecule has 0 aliphatic carbocycles. The fourth-order valence-electron chi connectivity index (χ4n) is 1.10. The molecule has 0 rings (SSSR count). The van der Waals surface area contributed by atoms with Crippen molar-refractivity contribution in [3.63, 3.8) is 0 Å². The molecule has 0 spiro atoms. The lowest BCUT2D eigenvalue weighted by Crippen LogP contribution is -2.33. The average Bonchev–Trinajstić information content (AvgIpc) is 2.14. The van der Waals surface area contributed by atoms with E-state index in [2.05, 4.69) is 13.8 Å². The Hall–Kier alpha value is -0.220. The van der Waals surface area contributed by atoms with Gasteiger partial charge in [-0.25, -0.2) is 0 Å². The highest BCUT2D eigenvalue weighted by molar-refractivity contribution is 7.99. The van der Waals surface area contributed by atoms with Crippen LogP contribution in [0.5, 0.6) is 0 Å². The standard InChI is InChI=1S/C10H21NO2S/c1-3-4-5-6-8(2)14-7-9(11)10(12)13/h8-9H,3-7,11H2,1-2H3,(H,12,13)/t8?,9-/m0/s1. The first kappa shape index (κ1) is 13.8. The molecule has 0 aromatic heterocycles. The first-order chi connectivity index (χ1) is 6.57. The maximum atomic E-state index is 10.4. The zero-order chi connectivity index (χ0) is 11.0. The van der Waals surface area contributed by atoms with Crippen molar-refractivity contribution in [2.75, 3.05) is 5.75 Å². The summed E-state index contributed by atoms with van der Waals surface area (Å²) in [4.78, 5) is 10.4. The summed E-state index contributed by atoms with van der Waals surface area (Å²) in [6, 6.07) is -0.714. The molecular formula is C10H21NO2S. The molecule has 3 N–H and O–H groups in total. The quantitative estimate of drug-likeness (QED) is 0.614. The third-order valence-electron chi connectivity index (χ3n) is 2.09. The highest BCUT2D eigenvalue weighted by Gasteiger charge is 2.13. The molecule has 1 unspecified atom stereocenters. The van der Waals surface area contributed by atoms with E-state index in [9.17, 15) is 4.79 Å². The van der Waals surface area contributed by atoms with Crippen LogP contribution in [0.4, 0.5) is 0 Å². The number of aliphatic carboxylic acids is 1. The molecule has 14 heavy (non-hydrogen) atoms. The lowest BCUT2D eigenvalue weighted by molar-refractivity contribution is -0.137. The van der Waals surface area contributed by atoms with Crippen molar-refractivity contribution < 1.29 is 9.90 Å². The minimum atomic E-state index is -0.904. The number of hydrogen-bond donors (Lipinski definition) is 2. The second-order valence-corrected chi connectivity index (χ2v) is 5.06. The van der Waals surface area contributed by atoms with E-state index in [-0.39, 0.29) is 0 Å². The fourth-order valence-corrected chi connectivity index (χ4v) is 2.12. The van der Waals surface area contributed by atoms with E-state index in [1.54, 1.807) is 11.8 Å². The van der Waals surface area contributed by atoms with Crippen LogP contribution in [0.2, 0.25) is 0 Å². The molecule has 0 heterocycles. The number of carboxylic acid groups (broad SMARTS) is 1. The van der Waals surface area contributed by atoms with Crippen molar-refractivity contribution in [3.05, 3.63) is 0 Å². The van der Waals surface area contributed by atoms with E-state index in [0.717, 1.165) is 6.42 Å². The number of hydrogen-bond acceptors (Lipinski definition) is 3. The Morgan fingerprint density at radius 1 is 1.50 bits per heavy atom. The Labute approximate surface area is 90.4 Å². The van der Waals surface area contributed by atoms with E-state index in [1.165, 1.54) is 19.3 Å². The molecular weight excluding hydrogens is 198 g/mol. The van der Waals surface area contributed by atoms with Gasteiger partial charge in [0, 0.05) is 11.0 Å². The second kappa shape index (κ2) is 8.12. The SMILES string of the molecule is CCCCCC(C)SC[C@H](N)C(=O)O. The van der Waals surface area contributed by atoms with Gasteiger partial charge in [0.15, 0.2) is 0 Å². The first-order valence-electron chi connectivity index (χ1n) is 5.18. The highest BCUT2D eigenvalue weighted by Crippen LogP contribution is 2.17. The Kier molecular flexibility index (Phi) is 7.99. The first-order valence-corrected chi connectivity index (χ1v) is 6.22. The van der Waals surface area contributed by atoms with Gasteiger partial charge in [-0.3, -0.25) is 4.79 Å². The topological polar surface area (TPSA) is 63.3 Å². The van der Waals surface area contributed by atoms with Crippen LogP contribution < -0.4 is 5.73 Å². The molecule has 0 radical (unpaired) electrons. The molecule has 0 saturated carbocycles. The van der Waals surface area contributed by atoms with Crippen molar-refractivity contribution in [2.24, 2.45) is 5.73 Å². The Balaban J connectivity index is 3.43. The molecule has 4 heteroatoms. The maximum Gasteiger partial charge on any atom is 0.321 e. The zero-order valence-corrected chi connectivity index (χ0v) is 9.85. The van der Waals surface area contributed by atoms with E-state index < -0.39 is 12.0 Å². The van der Waals surface area contributed by atoms with Gasteiger partial charge in [-0.15, -0.1) is 0 Å². The Morgan fingerprint density at radius 2 is 2.14 bits per heavy atom. The average molecular weight is 219 g/mol. The molecule has 0 aliphatic heterocycles. The predicted molar refractivity (Wildman–Crippen MR) is 61.7 cm³/mol. The number of carbonyl (C=O) groups is 1. The molecule has 0 saturated heterocycles. The van der Waals surface area contributed by atoms with Gasteiger partial charge in [-0.1, -0.05) is 33.1 Å². The van der Waals surface area contributed by atoms with Gasteiger partial charge >= 0.3 is 5.97 Å². The van der Waals surface area contributed by atoms with Crippen molar-refractivity contribution >= 4 is 17.7 Å².